The molecule has 0 aromatic heterocycles. The van der Waals surface area contributed by atoms with Gasteiger partial charge in [0.1, 0.15) is 0 Å². The molecule has 4 nitrogen and oxygen atoms in total. The fraction of sp³-hybridized carbons (Fsp3) is 0.929. The van der Waals surface area contributed by atoms with Crippen LogP contribution in [-0.2, 0) is 4.79 Å². The summed E-state index contributed by atoms with van der Waals surface area (Å²) in [5, 5.41) is 6.60. The predicted octanol–water partition coefficient (Wildman–Crippen LogP) is 1.12. The van der Waals surface area contributed by atoms with Crippen molar-refractivity contribution in [1.82, 2.24) is 15.5 Å². The van der Waals surface area contributed by atoms with Crippen molar-refractivity contribution in [2.45, 2.75) is 57.5 Å². The number of nitrogens with one attached hydrogen (secondary N) is 2. The maximum atomic E-state index is 12.2. The van der Waals surface area contributed by atoms with Gasteiger partial charge >= 0.3 is 0 Å². The first-order valence-electron chi connectivity index (χ1n) is 7.55. The van der Waals surface area contributed by atoms with Crippen LogP contribution in [0.15, 0.2) is 0 Å². The Hall–Kier alpha value is -0.610. The Balaban J connectivity index is 1.73. The number of hydrogen-bond donors (Lipinski definition) is 2. The first kappa shape index (κ1) is 13.8. The van der Waals surface area contributed by atoms with Crippen LogP contribution in [0.3, 0.4) is 0 Å². The summed E-state index contributed by atoms with van der Waals surface area (Å²) in [6.45, 7) is 6.57. The van der Waals surface area contributed by atoms with Gasteiger partial charge in [-0.3, -0.25) is 4.79 Å². The van der Waals surface area contributed by atoms with Gasteiger partial charge in [-0.1, -0.05) is 19.8 Å². The van der Waals surface area contributed by atoms with Crippen molar-refractivity contribution in [3.8, 4) is 0 Å². The van der Waals surface area contributed by atoms with Gasteiger partial charge in [0.2, 0.25) is 5.91 Å². The molecule has 1 amide bonds. The topological polar surface area (TPSA) is 44.4 Å². The van der Waals surface area contributed by atoms with Gasteiger partial charge in [-0.15, -0.1) is 0 Å². The number of carbonyl (C=O) groups is 1. The second-order valence-corrected chi connectivity index (χ2v) is 5.57. The summed E-state index contributed by atoms with van der Waals surface area (Å²) < 4.78 is 0. The standard InChI is InChI=1S/C14H27N3O/c1-2-17-10-7-12(8-11-17)16-14(18)13-6-4-3-5-9-15-13/h12-13,15H,2-11H2,1H3,(H,16,18). The van der Waals surface area contributed by atoms with Gasteiger partial charge in [0.25, 0.3) is 0 Å². The van der Waals surface area contributed by atoms with E-state index < -0.39 is 0 Å². The van der Waals surface area contributed by atoms with Crippen LogP contribution in [0.25, 0.3) is 0 Å². The molecule has 18 heavy (non-hydrogen) atoms. The van der Waals surface area contributed by atoms with Crippen molar-refractivity contribution < 1.29 is 4.79 Å². The van der Waals surface area contributed by atoms with E-state index in [9.17, 15) is 4.79 Å². The van der Waals surface area contributed by atoms with Crippen molar-refractivity contribution >= 4 is 5.91 Å². The van der Waals surface area contributed by atoms with Crippen LogP contribution in [0.1, 0.15) is 45.4 Å². The molecule has 1 unspecified atom stereocenters. The molecule has 2 aliphatic heterocycles. The zero-order chi connectivity index (χ0) is 12.8. The Bertz CT molecular complexity index is 254. The molecule has 0 aromatic carbocycles. The molecule has 0 aliphatic carbocycles. The van der Waals surface area contributed by atoms with E-state index in [0.29, 0.717) is 6.04 Å². The van der Waals surface area contributed by atoms with Gasteiger partial charge in [0, 0.05) is 19.1 Å². The molecule has 0 spiro atoms. The molecule has 104 valence electrons. The molecule has 2 heterocycles. The normalized spacial score (nSPS) is 27.7. The van der Waals surface area contributed by atoms with Crippen molar-refractivity contribution in [3.05, 3.63) is 0 Å². The minimum absolute atomic E-state index is 0.0525. The fourth-order valence-electron chi connectivity index (χ4n) is 2.95. The number of piperidine rings is 1. The molecular formula is C14H27N3O. The third-order valence-corrected chi connectivity index (χ3v) is 4.26. The van der Waals surface area contributed by atoms with Crippen LogP contribution in [0.5, 0.6) is 0 Å². The molecule has 0 bridgehead atoms. The van der Waals surface area contributed by atoms with Gasteiger partial charge in [0.05, 0.1) is 6.04 Å². The smallest absolute Gasteiger partial charge is 0.237 e. The number of rotatable bonds is 3. The van der Waals surface area contributed by atoms with E-state index in [1.54, 1.807) is 0 Å². The molecular weight excluding hydrogens is 226 g/mol. The summed E-state index contributed by atoms with van der Waals surface area (Å²) in [6.07, 6.45) is 6.85. The van der Waals surface area contributed by atoms with Crippen molar-refractivity contribution in [3.63, 3.8) is 0 Å². The monoisotopic (exact) mass is 253 g/mol. The summed E-state index contributed by atoms with van der Waals surface area (Å²) in [5.41, 5.74) is 0. The Labute approximate surface area is 110 Å². The van der Waals surface area contributed by atoms with E-state index in [2.05, 4.69) is 22.5 Å². The molecule has 0 radical (unpaired) electrons. The summed E-state index contributed by atoms with van der Waals surface area (Å²) in [6, 6.07) is 0.446. The Kier molecular flexibility index (Phi) is 5.45. The maximum Gasteiger partial charge on any atom is 0.237 e. The van der Waals surface area contributed by atoms with E-state index in [0.717, 1.165) is 45.4 Å². The number of amides is 1. The van der Waals surface area contributed by atoms with E-state index >= 15 is 0 Å². The lowest BCUT2D eigenvalue weighted by Crippen LogP contribution is -2.50. The third kappa shape index (κ3) is 3.95. The second-order valence-electron chi connectivity index (χ2n) is 5.57. The number of likely N-dealkylation sites (tertiary alicyclic amines) is 1. The minimum Gasteiger partial charge on any atom is -0.352 e. The number of hydrogen-bond acceptors (Lipinski definition) is 3. The van der Waals surface area contributed by atoms with E-state index in [1.807, 2.05) is 0 Å². The largest absolute Gasteiger partial charge is 0.352 e. The predicted molar refractivity (Wildman–Crippen MR) is 73.5 cm³/mol. The van der Waals surface area contributed by atoms with Gasteiger partial charge in [0.15, 0.2) is 0 Å². The zero-order valence-electron chi connectivity index (χ0n) is 11.6. The second kappa shape index (κ2) is 7.10. The zero-order valence-corrected chi connectivity index (χ0v) is 11.6. The summed E-state index contributed by atoms with van der Waals surface area (Å²) in [7, 11) is 0. The Morgan fingerprint density at radius 3 is 2.72 bits per heavy atom. The van der Waals surface area contributed by atoms with Crippen molar-refractivity contribution in [2.75, 3.05) is 26.2 Å². The Morgan fingerprint density at radius 1 is 1.22 bits per heavy atom. The molecule has 0 saturated carbocycles. The molecule has 2 rings (SSSR count). The average Bonchev–Trinajstić information content (AvgIpc) is 2.68. The highest BCUT2D eigenvalue weighted by Crippen LogP contribution is 2.12. The number of nitrogens with zero attached hydrogens (tertiary/aromatic N) is 1. The quantitative estimate of drug-likeness (QED) is 0.792. The average molecular weight is 253 g/mol. The highest BCUT2D eigenvalue weighted by molar-refractivity contribution is 5.82. The van der Waals surface area contributed by atoms with Gasteiger partial charge in [-0.2, -0.15) is 0 Å². The van der Waals surface area contributed by atoms with Gasteiger partial charge in [-0.05, 0) is 38.8 Å². The lowest BCUT2D eigenvalue weighted by Gasteiger charge is -2.32. The molecule has 2 fully saturated rings. The summed E-state index contributed by atoms with van der Waals surface area (Å²) in [5.74, 6) is 0.229. The van der Waals surface area contributed by atoms with Crippen LogP contribution in [-0.4, -0.2) is 49.1 Å². The summed E-state index contributed by atoms with van der Waals surface area (Å²) in [4.78, 5) is 14.6. The Morgan fingerprint density at radius 2 is 2.00 bits per heavy atom. The maximum absolute atomic E-state index is 12.2. The highest BCUT2D eigenvalue weighted by Gasteiger charge is 2.24. The van der Waals surface area contributed by atoms with E-state index in [4.69, 9.17) is 0 Å². The first-order valence-corrected chi connectivity index (χ1v) is 7.55. The van der Waals surface area contributed by atoms with Crippen molar-refractivity contribution in [1.29, 1.82) is 0 Å². The lowest BCUT2D eigenvalue weighted by atomic mass is 10.0. The van der Waals surface area contributed by atoms with E-state index in [-0.39, 0.29) is 11.9 Å². The van der Waals surface area contributed by atoms with Crippen molar-refractivity contribution in [2.24, 2.45) is 0 Å². The minimum atomic E-state index is 0.0525. The molecule has 1 atom stereocenters. The van der Waals surface area contributed by atoms with E-state index in [1.165, 1.54) is 19.3 Å². The third-order valence-electron chi connectivity index (χ3n) is 4.26. The SMILES string of the molecule is CCN1CCC(NC(=O)C2CCCCCN2)CC1. The number of carbonyl (C=O) groups excluding carboxylic acids is 1. The molecule has 0 aromatic rings. The van der Waals surface area contributed by atoms with Crippen LogP contribution in [0.4, 0.5) is 0 Å². The van der Waals surface area contributed by atoms with Gasteiger partial charge in [-0.25, -0.2) is 0 Å². The highest BCUT2D eigenvalue weighted by atomic mass is 16.2. The van der Waals surface area contributed by atoms with Crippen LogP contribution in [0, 0.1) is 0 Å². The fourth-order valence-corrected chi connectivity index (χ4v) is 2.95. The van der Waals surface area contributed by atoms with Crippen LogP contribution < -0.4 is 10.6 Å². The van der Waals surface area contributed by atoms with Crippen LogP contribution in [0.2, 0.25) is 0 Å². The van der Waals surface area contributed by atoms with Gasteiger partial charge < -0.3 is 15.5 Å². The summed E-state index contributed by atoms with van der Waals surface area (Å²) >= 11 is 0. The first-order chi connectivity index (χ1) is 8.79. The molecule has 4 heteroatoms. The van der Waals surface area contributed by atoms with Crippen LogP contribution >= 0.6 is 0 Å². The molecule has 2 aliphatic rings. The molecule has 2 saturated heterocycles. The lowest BCUT2D eigenvalue weighted by molar-refractivity contribution is -0.124. The molecule has 2 N–H and O–H groups in total.